The first-order chi connectivity index (χ1) is 11.5. The van der Waals surface area contributed by atoms with Crippen LogP contribution in [-0.4, -0.2) is 32.4 Å². The first-order valence-electron chi connectivity index (χ1n) is 7.35. The van der Waals surface area contributed by atoms with E-state index in [1.807, 2.05) is 0 Å². The van der Waals surface area contributed by atoms with Gasteiger partial charge in [-0.15, -0.1) is 5.10 Å². The summed E-state index contributed by atoms with van der Waals surface area (Å²) >= 11 is 0. The molecule has 3 rings (SSSR count). The number of carbonyl (C=O) groups is 1. The van der Waals surface area contributed by atoms with Gasteiger partial charge in [0.15, 0.2) is 5.69 Å². The Bertz CT molecular complexity index is 834. The number of nitrogens with one attached hydrogen (secondary N) is 1. The van der Waals surface area contributed by atoms with Crippen LogP contribution in [0.1, 0.15) is 29.8 Å². The van der Waals surface area contributed by atoms with Crippen LogP contribution in [0.4, 0.5) is 5.69 Å². The van der Waals surface area contributed by atoms with Gasteiger partial charge >= 0.3 is 0 Å². The molecule has 1 saturated carbocycles. The van der Waals surface area contributed by atoms with Crippen molar-refractivity contribution in [3.8, 4) is 11.8 Å². The highest BCUT2D eigenvalue weighted by molar-refractivity contribution is 5.92. The van der Waals surface area contributed by atoms with Crippen molar-refractivity contribution in [3.63, 3.8) is 0 Å². The van der Waals surface area contributed by atoms with Crippen LogP contribution in [0.15, 0.2) is 30.5 Å². The number of carbonyl (C=O) groups excluding carboxylic acids is 1. The molecule has 0 saturated heterocycles. The van der Waals surface area contributed by atoms with Gasteiger partial charge in [-0.1, -0.05) is 11.3 Å². The van der Waals surface area contributed by atoms with E-state index in [0.29, 0.717) is 18.7 Å². The first-order valence-corrected chi connectivity index (χ1v) is 7.35. The molecule has 2 aromatic rings. The molecule has 0 spiro atoms. The SMILES string of the molecule is N#CCC1(CNC(=O)c2cn(-c3cccc([N+](=O)[O-])c3)nn2)CC1. The van der Waals surface area contributed by atoms with Crippen molar-refractivity contribution in [1.29, 1.82) is 5.26 Å². The summed E-state index contributed by atoms with van der Waals surface area (Å²) in [5, 5.41) is 30.0. The van der Waals surface area contributed by atoms with E-state index in [4.69, 9.17) is 5.26 Å². The van der Waals surface area contributed by atoms with Gasteiger partial charge in [0.1, 0.15) is 0 Å². The minimum Gasteiger partial charge on any atom is -0.350 e. The third-order valence-electron chi connectivity index (χ3n) is 4.07. The highest BCUT2D eigenvalue weighted by atomic mass is 16.6. The van der Waals surface area contributed by atoms with E-state index >= 15 is 0 Å². The minimum atomic E-state index is -0.502. The molecule has 0 unspecified atom stereocenters. The van der Waals surface area contributed by atoms with Gasteiger partial charge in [-0.25, -0.2) is 4.68 Å². The zero-order valence-corrected chi connectivity index (χ0v) is 12.7. The Morgan fingerprint density at radius 3 is 2.96 bits per heavy atom. The lowest BCUT2D eigenvalue weighted by atomic mass is 10.0. The lowest BCUT2D eigenvalue weighted by Gasteiger charge is -2.10. The average molecular weight is 326 g/mol. The van der Waals surface area contributed by atoms with Crippen LogP contribution in [0.5, 0.6) is 0 Å². The summed E-state index contributed by atoms with van der Waals surface area (Å²) in [4.78, 5) is 22.4. The van der Waals surface area contributed by atoms with Crippen molar-refractivity contribution in [3.05, 3.63) is 46.3 Å². The van der Waals surface area contributed by atoms with E-state index in [2.05, 4.69) is 21.7 Å². The van der Waals surface area contributed by atoms with Gasteiger partial charge < -0.3 is 5.32 Å². The molecule has 1 aromatic heterocycles. The molecule has 1 fully saturated rings. The van der Waals surface area contributed by atoms with Crippen LogP contribution in [0, 0.1) is 26.9 Å². The van der Waals surface area contributed by atoms with Crippen molar-refractivity contribution in [1.82, 2.24) is 20.3 Å². The predicted molar refractivity (Wildman–Crippen MR) is 82.2 cm³/mol. The summed E-state index contributed by atoms with van der Waals surface area (Å²) in [6.45, 7) is 0.434. The van der Waals surface area contributed by atoms with Gasteiger partial charge in [0.2, 0.25) is 0 Å². The summed E-state index contributed by atoms with van der Waals surface area (Å²) < 4.78 is 1.31. The Hall–Kier alpha value is -3.28. The number of non-ortho nitro benzene ring substituents is 1. The van der Waals surface area contributed by atoms with E-state index in [-0.39, 0.29) is 22.7 Å². The lowest BCUT2D eigenvalue weighted by Crippen LogP contribution is -2.30. The first kappa shape index (κ1) is 15.6. The molecule has 1 heterocycles. The second-order valence-corrected chi connectivity index (χ2v) is 5.84. The van der Waals surface area contributed by atoms with Gasteiger partial charge in [0, 0.05) is 30.5 Å². The topological polar surface area (TPSA) is 127 Å². The van der Waals surface area contributed by atoms with Gasteiger partial charge in [-0.2, -0.15) is 5.26 Å². The maximum Gasteiger partial charge on any atom is 0.273 e. The molecular formula is C15H14N6O3. The Balaban J connectivity index is 1.69. The standard InChI is InChI=1S/C15H14N6O3/c16-7-6-15(4-5-15)10-17-14(22)13-9-20(19-18-13)11-2-1-3-12(8-11)21(23)24/h1-3,8-9H,4-6,10H2,(H,17,22). The van der Waals surface area contributed by atoms with Crippen LogP contribution in [0.25, 0.3) is 5.69 Å². The fourth-order valence-corrected chi connectivity index (χ4v) is 2.36. The second kappa shape index (κ2) is 6.08. The Morgan fingerprint density at radius 1 is 1.50 bits per heavy atom. The Kier molecular flexibility index (Phi) is 3.95. The zero-order chi connectivity index (χ0) is 17.2. The highest BCUT2D eigenvalue weighted by Crippen LogP contribution is 2.47. The van der Waals surface area contributed by atoms with E-state index in [1.54, 1.807) is 6.07 Å². The maximum absolute atomic E-state index is 12.1. The molecule has 1 aromatic carbocycles. The molecule has 1 N–H and O–H groups in total. The average Bonchev–Trinajstić information content (AvgIpc) is 3.16. The van der Waals surface area contributed by atoms with Crippen molar-refractivity contribution < 1.29 is 9.72 Å². The number of rotatable bonds is 6. The van der Waals surface area contributed by atoms with Crippen LogP contribution >= 0.6 is 0 Å². The molecule has 0 aliphatic heterocycles. The fourth-order valence-electron chi connectivity index (χ4n) is 2.36. The summed E-state index contributed by atoms with van der Waals surface area (Å²) in [5.41, 5.74) is 0.398. The second-order valence-electron chi connectivity index (χ2n) is 5.84. The molecule has 1 amide bonds. The van der Waals surface area contributed by atoms with E-state index in [9.17, 15) is 14.9 Å². The molecule has 1 aliphatic carbocycles. The summed E-state index contributed by atoms with van der Waals surface area (Å²) in [6.07, 6.45) is 3.70. The molecule has 0 radical (unpaired) electrons. The monoisotopic (exact) mass is 326 g/mol. The number of nitro benzene ring substituents is 1. The molecule has 0 bridgehead atoms. The van der Waals surface area contributed by atoms with E-state index < -0.39 is 4.92 Å². The number of nitriles is 1. The number of nitrogens with zero attached hydrogens (tertiary/aromatic N) is 5. The molecule has 1 aliphatic rings. The zero-order valence-electron chi connectivity index (χ0n) is 12.7. The number of hydrogen-bond acceptors (Lipinski definition) is 6. The predicted octanol–water partition coefficient (Wildman–Crippen LogP) is 1.60. The number of aromatic nitrogens is 3. The molecule has 9 nitrogen and oxygen atoms in total. The summed E-state index contributed by atoms with van der Waals surface area (Å²) in [5.74, 6) is -0.379. The fraction of sp³-hybridized carbons (Fsp3) is 0.333. The van der Waals surface area contributed by atoms with Gasteiger partial charge in [0.05, 0.1) is 22.9 Å². The van der Waals surface area contributed by atoms with E-state index in [0.717, 1.165) is 12.8 Å². The van der Waals surface area contributed by atoms with E-state index in [1.165, 1.54) is 29.1 Å². The van der Waals surface area contributed by atoms with Gasteiger partial charge in [0.25, 0.3) is 11.6 Å². The van der Waals surface area contributed by atoms with Crippen LogP contribution in [-0.2, 0) is 0 Å². The van der Waals surface area contributed by atoms with Crippen molar-refractivity contribution in [2.24, 2.45) is 5.41 Å². The van der Waals surface area contributed by atoms with Crippen LogP contribution in [0.2, 0.25) is 0 Å². The number of benzene rings is 1. The van der Waals surface area contributed by atoms with Crippen molar-refractivity contribution in [2.45, 2.75) is 19.3 Å². The molecule has 9 heteroatoms. The molecule has 0 atom stereocenters. The largest absolute Gasteiger partial charge is 0.350 e. The molecular weight excluding hydrogens is 312 g/mol. The van der Waals surface area contributed by atoms with Gasteiger partial charge in [-0.3, -0.25) is 14.9 Å². The molecule has 122 valence electrons. The van der Waals surface area contributed by atoms with Crippen LogP contribution < -0.4 is 5.32 Å². The summed E-state index contributed by atoms with van der Waals surface area (Å²) in [7, 11) is 0. The van der Waals surface area contributed by atoms with Crippen molar-refractivity contribution >= 4 is 11.6 Å². The maximum atomic E-state index is 12.1. The number of hydrogen-bond donors (Lipinski definition) is 1. The normalized spacial score (nSPS) is 14.6. The quantitative estimate of drug-likeness (QED) is 0.634. The number of amides is 1. The smallest absolute Gasteiger partial charge is 0.273 e. The van der Waals surface area contributed by atoms with Gasteiger partial charge in [-0.05, 0) is 18.9 Å². The lowest BCUT2D eigenvalue weighted by molar-refractivity contribution is -0.384. The Labute approximate surface area is 137 Å². The minimum absolute atomic E-state index is 0.0684. The third-order valence-corrected chi connectivity index (χ3v) is 4.07. The molecule has 24 heavy (non-hydrogen) atoms. The van der Waals surface area contributed by atoms with Crippen LogP contribution in [0.3, 0.4) is 0 Å². The third kappa shape index (κ3) is 3.22. The summed E-state index contributed by atoms with van der Waals surface area (Å²) in [6, 6.07) is 8.03. The highest BCUT2D eigenvalue weighted by Gasteiger charge is 2.42. The Morgan fingerprint density at radius 2 is 2.29 bits per heavy atom. The van der Waals surface area contributed by atoms with Crippen molar-refractivity contribution in [2.75, 3.05) is 6.54 Å². The number of nitro groups is 1.